The van der Waals surface area contributed by atoms with Gasteiger partial charge in [0, 0.05) is 9.35 Å². The smallest absolute Gasteiger partial charge is 0.480 e. The highest BCUT2D eigenvalue weighted by molar-refractivity contribution is 7.39. The molecule has 0 radical (unpaired) electrons. The highest BCUT2D eigenvalue weighted by Crippen LogP contribution is 2.20. The maximum absolute atomic E-state index is 10.6. The molecule has 0 aliphatic rings. The van der Waals surface area contributed by atoms with E-state index in [9.17, 15) is 23.5 Å². The quantitative estimate of drug-likeness (QED) is 0.117. The Bertz CT molecular complexity index is 538. The third kappa shape index (κ3) is 47.0. The third-order valence-electron chi connectivity index (χ3n) is 1.73. The van der Waals surface area contributed by atoms with E-state index in [0.29, 0.717) is 0 Å². The summed E-state index contributed by atoms with van der Waals surface area (Å²) < 4.78 is 27.7. The second-order valence-electron chi connectivity index (χ2n) is 3.81. The molecule has 0 fully saturated rings. The van der Waals surface area contributed by atoms with Crippen LogP contribution in [0.2, 0.25) is 0 Å². The zero-order chi connectivity index (χ0) is 23.8. The van der Waals surface area contributed by atoms with E-state index < -0.39 is 53.3 Å². The fourth-order valence-electron chi connectivity index (χ4n) is 1.01. The van der Waals surface area contributed by atoms with Gasteiger partial charge in [0.2, 0.25) is 12.6 Å². The molecule has 0 aliphatic carbocycles. The number of rotatable bonds is 12. The molecule has 0 saturated heterocycles. The average molecular weight is 500 g/mol. The summed E-state index contributed by atoms with van der Waals surface area (Å²) in [6.45, 7) is 0.526. The van der Waals surface area contributed by atoms with E-state index in [1.165, 1.54) is 0 Å². The van der Waals surface area contributed by atoms with Gasteiger partial charge in [-0.3, -0.25) is 19.7 Å². The first-order valence-electron chi connectivity index (χ1n) is 6.42. The fourth-order valence-corrected chi connectivity index (χ4v) is 1.94. The molecule has 0 aromatic heterocycles. The van der Waals surface area contributed by atoms with Gasteiger partial charge in [-0.1, -0.05) is 14.9 Å². The van der Waals surface area contributed by atoms with Crippen LogP contribution in [-0.4, -0.2) is 93.8 Å². The van der Waals surface area contributed by atoms with Gasteiger partial charge in [-0.2, -0.15) is 9.59 Å². The third-order valence-corrected chi connectivity index (χ3v) is 3.21. The molecule has 0 heterocycles. The van der Waals surface area contributed by atoms with Crippen LogP contribution in [0, 0.1) is 0 Å². The van der Waals surface area contributed by atoms with Crippen molar-refractivity contribution >= 4 is 46.9 Å². The summed E-state index contributed by atoms with van der Waals surface area (Å²) in [5, 5.41) is 42.7. The number of aliphatic carboxylic acids is 3. The van der Waals surface area contributed by atoms with Crippen LogP contribution in [0.5, 0.6) is 0 Å². The molecule has 2 unspecified atom stereocenters. The Hall–Kier alpha value is -2.58. The minimum absolute atomic E-state index is 0. The molecule has 19 heteroatoms. The molecule has 2 atom stereocenters. The molecular formula is C12H26N2O15P2+2. The predicted molar refractivity (Wildman–Crippen MR) is 100 cm³/mol. The molecule has 182 valence electrons. The molecule has 31 heavy (non-hydrogen) atoms. The van der Waals surface area contributed by atoms with E-state index in [1.54, 1.807) is 0 Å². The van der Waals surface area contributed by atoms with Crippen molar-refractivity contribution in [1.29, 1.82) is 0 Å². The molecule has 0 aliphatic heterocycles. The number of carboxylic acids is 3. The van der Waals surface area contributed by atoms with Crippen LogP contribution >= 0.6 is 16.1 Å². The molecule has 0 spiro atoms. The second-order valence-corrected chi connectivity index (χ2v) is 6.06. The molecule has 0 aromatic carbocycles. The van der Waals surface area contributed by atoms with Crippen molar-refractivity contribution in [2.24, 2.45) is 0 Å². The van der Waals surface area contributed by atoms with E-state index in [1.807, 2.05) is 6.79 Å². The second kappa shape index (κ2) is 32.1. The van der Waals surface area contributed by atoms with Crippen LogP contribution in [0.1, 0.15) is 14.9 Å². The Kier molecular flexibility index (Phi) is 44.0. The largest absolute Gasteiger partial charge is 0.555 e. The fraction of sp³-hybridized carbons (Fsp3) is 0.583. The first kappa shape index (κ1) is 42.5. The number of hydrogen-bond donors (Lipinski definition) is 6. The van der Waals surface area contributed by atoms with E-state index in [0.717, 1.165) is 4.90 Å². The van der Waals surface area contributed by atoms with Crippen molar-refractivity contribution in [2.75, 3.05) is 32.2 Å². The van der Waals surface area contributed by atoms with Crippen molar-refractivity contribution in [3.63, 3.8) is 0 Å². The summed E-state index contributed by atoms with van der Waals surface area (Å²) in [7, 11) is -4.65. The maximum atomic E-state index is 10.6. The van der Waals surface area contributed by atoms with Gasteiger partial charge in [-0.15, -0.1) is 0 Å². The summed E-state index contributed by atoms with van der Waals surface area (Å²) in [6, 6.07) is 0. The SMILES string of the molecule is C.C.C=O.O=C(O)CN(CC(=O)O)C[P+](=O)OO.O=C(O)CNC[P+](=O)OO.O=C=O. The monoisotopic (exact) mass is 500 g/mol. The molecule has 0 aromatic rings. The minimum Gasteiger partial charge on any atom is -0.480 e. The first-order valence-corrected chi connectivity index (χ1v) is 9.15. The zero-order valence-corrected chi connectivity index (χ0v) is 16.2. The molecule has 17 nitrogen and oxygen atoms in total. The minimum atomic E-state index is -2.47. The Morgan fingerprint density at radius 2 is 1.23 bits per heavy atom. The zero-order valence-electron chi connectivity index (χ0n) is 14.4. The number of carbonyl (C=O) groups excluding carboxylic acids is 3. The van der Waals surface area contributed by atoms with Gasteiger partial charge >= 0.3 is 40.1 Å². The van der Waals surface area contributed by atoms with Crippen LogP contribution in [0.25, 0.3) is 0 Å². The van der Waals surface area contributed by atoms with E-state index >= 15 is 0 Å². The van der Waals surface area contributed by atoms with Crippen LogP contribution < -0.4 is 5.32 Å². The Balaban J connectivity index is -0.0000000812. The molecule has 0 bridgehead atoms. The summed E-state index contributed by atoms with van der Waals surface area (Å²) in [5.41, 5.74) is 0. The lowest BCUT2D eigenvalue weighted by Crippen LogP contribution is -2.34. The number of nitrogens with one attached hydrogen (secondary N) is 1. The summed E-state index contributed by atoms with van der Waals surface area (Å²) >= 11 is 0. The maximum Gasteiger partial charge on any atom is 0.555 e. The van der Waals surface area contributed by atoms with Gasteiger partial charge in [0.15, 0.2) is 0 Å². The van der Waals surface area contributed by atoms with Crippen molar-refractivity contribution in [3.05, 3.63) is 0 Å². The number of hydrogen-bond acceptors (Lipinski definition) is 14. The van der Waals surface area contributed by atoms with Crippen LogP contribution in [0.3, 0.4) is 0 Å². The lowest BCUT2D eigenvalue weighted by atomic mass is 10.5. The Labute approximate surface area is 178 Å². The molecular weight excluding hydrogens is 474 g/mol. The lowest BCUT2D eigenvalue weighted by molar-refractivity contribution is -0.191. The van der Waals surface area contributed by atoms with Gasteiger partial charge in [0.05, 0.1) is 6.54 Å². The van der Waals surface area contributed by atoms with Crippen molar-refractivity contribution in [1.82, 2.24) is 10.2 Å². The van der Waals surface area contributed by atoms with Gasteiger partial charge in [-0.05, 0) is 9.13 Å². The molecule has 0 rings (SSSR count). The van der Waals surface area contributed by atoms with E-state index in [4.69, 9.17) is 40.2 Å². The van der Waals surface area contributed by atoms with E-state index in [-0.39, 0.29) is 33.8 Å². The van der Waals surface area contributed by atoms with Crippen molar-refractivity contribution < 1.29 is 73.1 Å². The number of carboxylic acid groups (broad SMARTS) is 3. The normalized spacial score (nSPS) is 9.13. The highest BCUT2D eigenvalue weighted by Gasteiger charge is 2.26. The van der Waals surface area contributed by atoms with Crippen molar-refractivity contribution in [2.45, 2.75) is 14.9 Å². The molecule has 0 amide bonds. The van der Waals surface area contributed by atoms with Crippen molar-refractivity contribution in [3.8, 4) is 0 Å². The van der Waals surface area contributed by atoms with Gasteiger partial charge in [0.25, 0.3) is 0 Å². The summed E-state index contributed by atoms with van der Waals surface area (Å²) in [5.74, 6) is -3.57. The van der Waals surface area contributed by atoms with Gasteiger partial charge < -0.3 is 20.1 Å². The molecule has 0 saturated carbocycles. The number of nitrogens with zero attached hydrogens (tertiary/aromatic N) is 1. The summed E-state index contributed by atoms with van der Waals surface area (Å²) in [6.07, 6.45) is -0.372. The number of carbonyl (C=O) groups is 4. The standard InChI is InChI=1S/C5H8NO7P.C3H6NO5P.CO2.CH2O.2CH4/c7-4(8)1-6(2-5(9)10)3-14(12)13-11;5-3(6)1-4-2-10(8)9-7;2-1-3;1-2;;/h1-3H2,(H2-,7,8,9,10,11);4H,1-2H2,(H-,5,6,7);;1H2;2*1H4/p+2. The van der Waals surface area contributed by atoms with Gasteiger partial charge in [-0.25, -0.2) is 15.4 Å². The first-order chi connectivity index (χ1) is 13.5. The summed E-state index contributed by atoms with van der Waals surface area (Å²) in [4.78, 5) is 55.4. The van der Waals surface area contributed by atoms with Crippen LogP contribution in [0.15, 0.2) is 0 Å². The van der Waals surface area contributed by atoms with Gasteiger partial charge in [0.1, 0.15) is 19.9 Å². The lowest BCUT2D eigenvalue weighted by Gasteiger charge is -2.10. The van der Waals surface area contributed by atoms with Crippen LogP contribution in [-0.2, 0) is 47.2 Å². The topological polar surface area (TPSA) is 271 Å². The highest BCUT2D eigenvalue weighted by atomic mass is 31.1. The Morgan fingerprint density at radius 3 is 1.48 bits per heavy atom. The average Bonchev–Trinajstić information content (AvgIpc) is 2.62. The van der Waals surface area contributed by atoms with E-state index in [2.05, 4.69) is 14.7 Å². The Morgan fingerprint density at radius 1 is 0.871 bits per heavy atom. The van der Waals surface area contributed by atoms with Crippen LogP contribution in [0.4, 0.5) is 0 Å². The molecule has 6 N–H and O–H groups in total. The predicted octanol–water partition coefficient (Wildman–Crippen LogP) is 0.00100.